The van der Waals surface area contributed by atoms with Gasteiger partial charge in [-0.1, -0.05) is 0 Å². The summed E-state index contributed by atoms with van der Waals surface area (Å²) in [5.74, 6) is 0. The molecule has 0 aliphatic rings. The second kappa shape index (κ2) is 16.4. The number of rotatable bonds is 0. The molecule has 0 bridgehead atoms. The first kappa shape index (κ1) is 22.4. The standard InChI is InChI=1S/BO3.2K.Zn/c2-1(3)4;;;/q-3;2*+1;+2. The fraction of sp³-hybridized carbons (Fsp3) is 0. The molecule has 0 aliphatic heterocycles. The van der Waals surface area contributed by atoms with Gasteiger partial charge in [-0.05, 0) is 0 Å². The van der Waals surface area contributed by atoms with Gasteiger partial charge in [0.25, 0.3) is 0 Å². The minimum Gasteiger partial charge on any atom is -0.907 e. The Morgan fingerprint density at radius 1 is 0.857 bits per heavy atom. The van der Waals surface area contributed by atoms with Crippen molar-refractivity contribution in [2.24, 2.45) is 0 Å². The largest absolute Gasteiger partial charge is 2.00 e. The van der Waals surface area contributed by atoms with Crippen molar-refractivity contribution in [3.05, 3.63) is 0 Å². The van der Waals surface area contributed by atoms with Crippen molar-refractivity contribution in [1.82, 2.24) is 0 Å². The molecule has 0 rings (SSSR count). The zero-order valence-electron chi connectivity index (χ0n) is 4.51. The van der Waals surface area contributed by atoms with Crippen molar-refractivity contribution in [2.45, 2.75) is 0 Å². The Kier molecular flexibility index (Phi) is 52.7. The van der Waals surface area contributed by atoms with Gasteiger partial charge in [0.05, 0.1) is 0 Å². The summed E-state index contributed by atoms with van der Waals surface area (Å²) in [6, 6.07) is 0. The fourth-order valence-corrected chi connectivity index (χ4v) is 0. The summed E-state index contributed by atoms with van der Waals surface area (Å²) in [4.78, 5) is 0. The molecule has 24 valence electrons. The van der Waals surface area contributed by atoms with Crippen LogP contribution in [0.25, 0.3) is 0 Å². The topological polar surface area (TPSA) is 69.2 Å². The second-order valence-electron chi connectivity index (χ2n) is 0.289. The SMILES string of the molecule is [K+].[K+].[O-]B([O-])[O-].[Zn+2]. The van der Waals surface area contributed by atoms with E-state index in [4.69, 9.17) is 15.1 Å². The minimum absolute atomic E-state index is 0. The summed E-state index contributed by atoms with van der Waals surface area (Å²) in [5.41, 5.74) is 0. The number of hydrogen-bond donors (Lipinski definition) is 0. The van der Waals surface area contributed by atoms with Gasteiger partial charge in [0.1, 0.15) is 0 Å². The molecule has 0 aromatic heterocycles. The van der Waals surface area contributed by atoms with Crippen LogP contribution in [-0.2, 0) is 19.5 Å². The van der Waals surface area contributed by atoms with Crippen LogP contribution < -0.4 is 118 Å². The van der Waals surface area contributed by atoms with Crippen LogP contribution in [0.15, 0.2) is 0 Å². The first-order valence-corrected chi connectivity index (χ1v) is 0.707. The minimum atomic E-state index is -2.92. The van der Waals surface area contributed by atoms with Crippen LogP contribution in [0.3, 0.4) is 0 Å². The Labute approximate surface area is 140 Å². The first-order valence-electron chi connectivity index (χ1n) is 0.707. The van der Waals surface area contributed by atoms with Crippen LogP contribution in [0.1, 0.15) is 0 Å². The van der Waals surface area contributed by atoms with Gasteiger partial charge in [-0.15, -0.1) is 0 Å². The quantitative estimate of drug-likeness (QED) is 0.366. The zero-order valence-corrected chi connectivity index (χ0v) is 13.7. The Morgan fingerprint density at radius 3 is 0.857 bits per heavy atom. The van der Waals surface area contributed by atoms with E-state index in [0.717, 1.165) is 0 Å². The van der Waals surface area contributed by atoms with Crippen molar-refractivity contribution in [1.29, 1.82) is 0 Å². The molecule has 0 saturated heterocycles. The maximum Gasteiger partial charge on any atom is 2.00 e. The summed E-state index contributed by atoms with van der Waals surface area (Å²) >= 11 is 0. The molecule has 0 radical (unpaired) electrons. The van der Waals surface area contributed by atoms with E-state index in [1.807, 2.05) is 0 Å². The van der Waals surface area contributed by atoms with Crippen molar-refractivity contribution in [3.63, 3.8) is 0 Å². The Morgan fingerprint density at radius 2 is 0.857 bits per heavy atom. The summed E-state index contributed by atoms with van der Waals surface area (Å²) in [6.07, 6.45) is 0. The van der Waals surface area contributed by atoms with Gasteiger partial charge in [-0.25, -0.2) is 0 Å². The molecule has 7 heteroatoms. The molecular formula is BK2O3Zn+. The van der Waals surface area contributed by atoms with E-state index in [9.17, 15) is 0 Å². The molecule has 0 aromatic carbocycles. The molecule has 0 fully saturated rings. The fourth-order valence-electron chi connectivity index (χ4n) is 0. The Balaban J connectivity index is -0.0000000150. The van der Waals surface area contributed by atoms with Gasteiger partial charge >= 0.3 is 122 Å². The molecule has 0 aliphatic carbocycles. The van der Waals surface area contributed by atoms with Crippen molar-refractivity contribution in [3.8, 4) is 0 Å². The Hall–Kier alpha value is 3.84. The van der Waals surface area contributed by atoms with Crippen molar-refractivity contribution < 1.29 is 137 Å². The molecule has 0 amide bonds. The average molecular weight is 202 g/mol. The molecule has 0 unspecified atom stereocenters. The van der Waals surface area contributed by atoms with Crippen molar-refractivity contribution in [2.75, 3.05) is 0 Å². The molecule has 0 saturated carbocycles. The molecular weight excluding hydrogens is 202 g/mol. The smallest absolute Gasteiger partial charge is 0.907 e. The molecule has 0 heterocycles. The normalized spacial score (nSPS) is 3.86. The third-order valence-electron chi connectivity index (χ3n) is 0. The van der Waals surface area contributed by atoms with E-state index in [-0.39, 0.29) is 122 Å². The van der Waals surface area contributed by atoms with E-state index in [0.29, 0.717) is 0 Å². The van der Waals surface area contributed by atoms with Gasteiger partial charge in [0.2, 0.25) is 0 Å². The van der Waals surface area contributed by atoms with E-state index >= 15 is 0 Å². The van der Waals surface area contributed by atoms with Gasteiger partial charge in [0.15, 0.2) is 0 Å². The molecule has 7 heavy (non-hydrogen) atoms. The predicted molar refractivity (Wildman–Crippen MR) is 5.75 cm³/mol. The van der Waals surface area contributed by atoms with E-state index < -0.39 is 7.32 Å². The summed E-state index contributed by atoms with van der Waals surface area (Å²) < 4.78 is 0. The molecule has 0 aromatic rings. The van der Waals surface area contributed by atoms with E-state index in [1.165, 1.54) is 0 Å². The maximum atomic E-state index is 8.42. The summed E-state index contributed by atoms with van der Waals surface area (Å²) in [6.45, 7) is 0. The van der Waals surface area contributed by atoms with Crippen LogP contribution in [0, 0.1) is 0 Å². The van der Waals surface area contributed by atoms with Crippen LogP contribution in [0.4, 0.5) is 0 Å². The van der Waals surface area contributed by atoms with Crippen LogP contribution in [0.5, 0.6) is 0 Å². The summed E-state index contributed by atoms with van der Waals surface area (Å²) in [7, 11) is -2.92. The van der Waals surface area contributed by atoms with Gasteiger partial charge < -0.3 is 15.1 Å². The monoisotopic (exact) mass is 201 g/mol. The average Bonchev–Trinajstić information content (AvgIpc) is 0.811. The molecule has 0 spiro atoms. The first-order chi connectivity index (χ1) is 1.73. The van der Waals surface area contributed by atoms with E-state index in [1.54, 1.807) is 0 Å². The van der Waals surface area contributed by atoms with Gasteiger partial charge in [-0.3, -0.25) is 7.32 Å². The van der Waals surface area contributed by atoms with Crippen LogP contribution in [0.2, 0.25) is 0 Å². The predicted octanol–water partition coefficient (Wildman–Crippen LogP) is -9.94. The maximum absolute atomic E-state index is 8.42. The third kappa shape index (κ3) is 41.0. The van der Waals surface area contributed by atoms with Gasteiger partial charge in [0, 0.05) is 0 Å². The van der Waals surface area contributed by atoms with Gasteiger partial charge in [-0.2, -0.15) is 0 Å². The zero-order chi connectivity index (χ0) is 3.58. The van der Waals surface area contributed by atoms with Crippen molar-refractivity contribution >= 4 is 7.32 Å². The Bertz CT molecular complexity index is 17.7. The number of hydrogen-bond acceptors (Lipinski definition) is 3. The van der Waals surface area contributed by atoms with Crippen LogP contribution >= 0.6 is 0 Å². The van der Waals surface area contributed by atoms with E-state index in [2.05, 4.69) is 0 Å². The van der Waals surface area contributed by atoms with Crippen LogP contribution in [-0.4, -0.2) is 7.32 Å². The molecule has 0 atom stereocenters. The molecule has 3 nitrogen and oxygen atoms in total. The molecule has 0 N–H and O–H groups in total. The third-order valence-corrected chi connectivity index (χ3v) is 0. The second-order valence-corrected chi connectivity index (χ2v) is 0.289. The summed E-state index contributed by atoms with van der Waals surface area (Å²) in [5, 5.41) is 25.2.